The van der Waals surface area contributed by atoms with E-state index >= 15 is 0 Å². The lowest BCUT2D eigenvalue weighted by Gasteiger charge is -2.35. The van der Waals surface area contributed by atoms with E-state index in [9.17, 15) is 5.11 Å². The monoisotopic (exact) mass is 395 g/mol. The minimum Gasteiger partial charge on any atom is -0.485 e. The lowest BCUT2D eigenvalue weighted by Crippen LogP contribution is -2.46. The van der Waals surface area contributed by atoms with Crippen LogP contribution in [0, 0.1) is 0 Å². The molecule has 0 aliphatic carbocycles. The molecule has 2 aliphatic rings. The summed E-state index contributed by atoms with van der Waals surface area (Å²) < 4.78 is 11.4. The summed E-state index contributed by atoms with van der Waals surface area (Å²) in [6.45, 7) is 7.53. The molecule has 1 atom stereocenters. The Morgan fingerprint density at radius 2 is 1.97 bits per heavy atom. The number of rotatable bonds is 6. The number of ether oxygens (including phenoxy) is 2. The third-order valence-electron chi connectivity index (χ3n) is 5.49. The molecule has 0 bridgehead atoms. The molecule has 0 radical (unpaired) electrons. The van der Waals surface area contributed by atoms with Gasteiger partial charge in [-0.25, -0.2) is 4.98 Å². The second kappa shape index (κ2) is 9.29. The van der Waals surface area contributed by atoms with Crippen molar-refractivity contribution < 1.29 is 14.6 Å². The van der Waals surface area contributed by atoms with Crippen molar-refractivity contribution in [3.8, 4) is 11.5 Å². The molecule has 0 saturated carbocycles. The third kappa shape index (κ3) is 5.08. The lowest BCUT2D eigenvalue weighted by atomic mass is 10.0. The smallest absolute Gasteiger partial charge is 0.168 e. The number of aromatic nitrogens is 1. The molecular weight excluding hydrogens is 366 g/mol. The van der Waals surface area contributed by atoms with Crippen LogP contribution in [0.3, 0.4) is 0 Å². The van der Waals surface area contributed by atoms with Gasteiger partial charge in [0, 0.05) is 32.4 Å². The molecule has 1 saturated heterocycles. The first-order valence-corrected chi connectivity index (χ1v) is 10.3. The summed E-state index contributed by atoms with van der Waals surface area (Å²) in [6.07, 6.45) is 4.77. The topological polar surface area (TPSA) is 58.1 Å². The van der Waals surface area contributed by atoms with Crippen LogP contribution < -0.4 is 14.4 Å². The van der Waals surface area contributed by atoms with E-state index in [0.29, 0.717) is 18.1 Å². The fourth-order valence-electron chi connectivity index (χ4n) is 3.75. The van der Waals surface area contributed by atoms with Crippen LogP contribution >= 0.6 is 0 Å². The van der Waals surface area contributed by atoms with Crippen LogP contribution in [-0.2, 0) is 0 Å². The lowest BCUT2D eigenvalue weighted by molar-refractivity contribution is 0.153. The summed E-state index contributed by atoms with van der Waals surface area (Å²) in [5.41, 5.74) is 1.92. The van der Waals surface area contributed by atoms with Gasteiger partial charge in [0.25, 0.3) is 0 Å². The number of nitrogens with zero attached hydrogens (tertiary/aromatic N) is 3. The molecule has 1 aromatic carbocycles. The normalized spacial score (nSPS) is 18.1. The van der Waals surface area contributed by atoms with Crippen LogP contribution in [0.25, 0.3) is 0 Å². The highest BCUT2D eigenvalue weighted by molar-refractivity contribution is 5.45. The van der Waals surface area contributed by atoms with E-state index in [1.54, 1.807) is 6.26 Å². The molecule has 2 aromatic rings. The van der Waals surface area contributed by atoms with Gasteiger partial charge in [0.15, 0.2) is 11.5 Å². The molecular formula is C23H29N3O3. The summed E-state index contributed by atoms with van der Waals surface area (Å²) in [4.78, 5) is 9.24. The largest absolute Gasteiger partial charge is 0.485 e. The van der Waals surface area contributed by atoms with E-state index in [4.69, 9.17) is 9.47 Å². The summed E-state index contributed by atoms with van der Waals surface area (Å²) in [6, 6.07) is 11.8. The van der Waals surface area contributed by atoms with E-state index in [1.165, 1.54) is 0 Å². The maximum Gasteiger partial charge on any atom is 0.168 e. The minimum absolute atomic E-state index is 0.490. The first-order valence-electron chi connectivity index (χ1n) is 10.3. The van der Waals surface area contributed by atoms with Crippen molar-refractivity contribution >= 4 is 5.82 Å². The SMILES string of the molecule is CC1=COc2ccc(C(O)CCCN3CCN(c4ccccn4)CC3)cc2OC1. The van der Waals surface area contributed by atoms with Gasteiger partial charge in [-0.3, -0.25) is 4.90 Å². The Morgan fingerprint density at radius 1 is 1.10 bits per heavy atom. The molecule has 1 aromatic heterocycles. The first-order chi connectivity index (χ1) is 14.2. The maximum atomic E-state index is 10.6. The number of fused-ring (bicyclic) bond motifs is 1. The number of benzene rings is 1. The fraction of sp³-hybridized carbons (Fsp3) is 0.435. The zero-order valence-electron chi connectivity index (χ0n) is 17.0. The number of anilines is 1. The minimum atomic E-state index is -0.490. The number of pyridine rings is 1. The predicted molar refractivity (Wildman–Crippen MR) is 113 cm³/mol. The number of hydrogen-bond donors (Lipinski definition) is 1. The Kier molecular flexibility index (Phi) is 6.32. The highest BCUT2D eigenvalue weighted by atomic mass is 16.5. The maximum absolute atomic E-state index is 10.6. The van der Waals surface area contributed by atoms with Crippen molar-refractivity contribution in [2.24, 2.45) is 0 Å². The van der Waals surface area contributed by atoms with Crippen molar-refractivity contribution in [1.82, 2.24) is 9.88 Å². The molecule has 6 heteroatoms. The molecule has 6 nitrogen and oxygen atoms in total. The Labute approximate surface area is 172 Å². The molecule has 1 N–H and O–H groups in total. The van der Waals surface area contributed by atoms with Gasteiger partial charge < -0.3 is 19.5 Å². The van der Waals surface area contributed by atoms with Crippen molar-refractivity contribution in [2.75, 3.05) is 44.2 Å². The second-order valence-electron chi connectivity index (χ2n) is 7.75. The van der Waals surface area contributed by atoms with Gasteiger partial charge in [0.05, 0.1) is 12.4 Å². The van der Waals surface area contributed by atoms with Crippen LogP contribution in [0.4, 0.5) is 5.82 Å². The Morgan fingerprint density at radius 3 is 2.76 bits per heavy atom. The van der Waals surface area contributed by atoms with Gasteiger partial charge >= 0.3 is 0 Å². The molecule has 154 valence electrons. The number of hydrogen-bond acceptors (Lipinski definition) is 6. The van der Waals surface area contributed by atoms with Crippen LogP contribution in [0.15, 0.2) is 54.4 Å². The zero-order valence-corrected chi connectivity index (χ0v) is 17.0. The summed E-state index contributed by atoms with van der Waals surface area (Å²) in [5, 5.41) is 10.6. The number of piperazine rings is 1. The summed E-state index contributed by atoms with van der Waals surface area (Å²) >= 11 is 0. The van der Waals surface area contributed by atoms with Crippen molar-refractivity contribution in [2.45, 2.75) is 25.9 Å². The van der Waals surface area contributed by atoms with Crippen molar-refractivity contribution in [3.63, 3.8) is 0 Å². The van der Waals surface area contributed by atoms with Gasteiger partial charge in [-0.2, -0.15) is 0 Å². The molecule has 3 heterocycles. The average Bonchev–Trinajstić information content (AvgIpc) is 2.96. The highest BCUT2D eigenvalue weighted by Crippen LogP contribution is 2.33. The van der Waals surface area contributed by atoms with Gasteiger partial charge in [0.2, 0.25) is 0 Å². The third-order valence-corrected chi connectivity index (χ3v) is 5.49. The summed E-state index contributed by atoms with van der Waals surface area (Å²) in [5.74, 6) is 2.45. The van der Waals surface area contributed by atoms with E-state index in [0.717, 1.165) is 62.5 Å². The molecule has 2 aliphatic heterocycles. The molecule has 0 amide bonds. The van der Waals surface area contributed by atoms with Gasteiger partial charge in [0.1, 0.15) is 12.4 Å². The van der Waals surface area contributed by atoms with Crippen LogP contribution in [-0.4, -0.2) is 54.3 Å². The van der Waals surface area contributed by atoms with E-state index in [2.05, 4.69) is 20.9 Å². The van der Waals surface area contributed by atoms with Gasteiger partial charge in [-0.1, -0.05) is 12.1 Å². The van der Waals surface area contributed by atoms with Crippen molar-refractivity contribution in [1.29, 1.82) is 0 Å². The Hall–Kier alpha value is -2.57. The fourth-order valence-corrected chi connectivity index (χ4v) is 3.75. The summed E-state index contributed by atoms with van der Waals surface area (Å²) in [7, 11) is 0. The first kappa shape index (κ1) is 19.7. The van der Waals surface area contributed by atoms with Crippen LogP contribution in [0.1, 0.15) is 31.4 Å². The molecule has 0 spiro atoms. The zero-order chi connectivity index (χ0) is 20.1. The molecule has 1 unspecified atom stereocenters. The Balaban J connectivity index is 1.22. The molecule has 1 fully saturated rings. The average molecular weight is 396 g/mol. The highest BCUT2D eigenvalue weighted by Gasteiger charge is 2.19. The molecule has 4 rings (SSSR count). The van der Waals surface area contributed by atoms with Crippen LogP contribution in [0.5, 0.6) is 11.5 Å². The van der Waals surface area contributed by atoms with Gasteiger partial charge in [-0.05, 0) is 61.7 Å². The van der Waals surface area contributed by atoms with Gasteiger partial charge in [-0.15, -0.1) is 0 Å². The second-order valence-corrected chi connectivity index (χ2v) is 7.75. The van der Waals surface area contributed by atoms with E-state index < -0.39 is 6.10 Å². The number of aliphatic hydroxyl groups is 1. The number of aliphatic hydroxyl groups excluding tert-OH is 1. The molecule has 29 heavy (non-hydrogen) atoms. The Bertz CT molecular complexity index is 833. The predicted octanol–water partition coefficient (Wildman–Crippen LogP) is 3.39. The van der Waals surface area contributed by atoms with Crippen molar-refractivity contribution in [3.05, 3.63) is 60.0 Å². The van der Waals surface area contributed by atoms with Crippen LogP contribution in [0.2, 0.25) is 0 Å². The van der Waals surface area contributed by atoms with E-state index in [1.807, 2.05) is 43.5 Å². The van der Waals surface area contributed by atoms with E-state index in [-0.39, 0.29) is 0 Å². The standard InChI is InChI=1S/C23H29N3O3/c1-18-16-28-21-8-7-19(15-22(21)29-17-18)20(27)5-4-10-25-11-13-26(14-12-25)23-6-2-3-9-24-23/h2-3,6-9,15-16,20,27H,4-5,10-14,17H2,1H3. The quantitative estimate of drug-likeness (QED) is 0.809.